The Labute approximate surface area is 110 Å². The maximum absolute atomic E-state index is 5.85. The van der Waals surface area contributed by atoms with E-state index >= 15 is 0 Å². The van der Waals surface area contributed by atoms with Crippen LogP contribution in [0.15, 0.2) is 22.7 Å². The molecule has 2 atom stereocenters. The van der Waals surface area contributed by atoms with E-state index < -0.39 is 0 Å². The molecule has 1 aliphatic rings. The normalized spacial score (nSPS) is 24.6. The van der Waals surface area contributed by atoms with Crippen LogP contribution < -0.4 is 10.5 Å². The molecule has 94 valence electrons. The Morgan fingerprint density at radius 2 is 2.35 bits per heavy atom. The molecule has 4 heteroatoms. The van der Waals surface area contributed by atoms with Crippen LogP contribution in [0, 0.1) is 5.92 Å². The van der Waals surface area contributed by atoms with Crippen molar-refractivity contribution in [2.24, 2.45) is 11.7 Å². The number of ether oxygens (including phenoxy) is 2. The zero-order chi connectivity index (χ0) is 12.3. The maximum Gasteiger partial charge on any atom is 0.133 e. The van der Waals surface area contributed by atoms with E-state index in [1.165, 1.54) is 5.56 Å². The molecule has 0 spiro atoms. The molecule has 2 rings (SSSR count). The third-order valence-electron chi connectivity index (χ3n) is 3.25. The molecule has 1 aromatic carbocycles. The van der Waals surface area contributed by atoms with Gasteiger partial charge in [0.2, 0.25) is 0 Å². The third-order valence-corrected chi connectivity index (χ3v) is 3.87. The molecule has 1 aliphatic heterocycles. The largest absolute Gasteiger partial charge is 0.496 e. The first-order valence-electron chi connectivity index (χ1n) is 5.91. The summed E-state index contributed by atoms with van der Waals surface area (Å²) >= 11 is 3.50. The molecule has 0 amide bonds. The number of methoxy groups -OCH3 is 1. The summed E-state index contributed by atoms with van der Waals surface area (Å²) < 4.78 is 12.0. The first kappa shape index (κ1) is 12.9. The predicted octanol–water partition coefficient (Wildman–Crippen LogP) is 2.88. The molecule has 0 aliphatic carbocycles. The van der Waals surface area contributed by atoms with Crippen LogP contribution >= 0.6 is 15.9 Å². The monoisotopic (exact) mass is 299 g/mol. The Morgan fingerprint density at radius 3 is 3.00 bits per heavy atom. The first-order valence-corrected chi connectivity index (χ1v) is 6.70. The lowest BCUT2D eigenvalue weighted by Crippen LogP contribution is -2.28. The van der Waals surface area contributed by atoms with Crippen molar-refractivity contribution < 1.29 is 9.47 Å². The van der Waals surface area contributed by atoms with Crippen molar-refractivity contribution >= 4 is 15.9 Å². The van der Waals surface area contributed by atoms with Crippen LogP contribution in [-0.2, 0) is 4.74 Å². The molecule has 0 saturated carbocycles. The fourth-order valence-electron chi connectivity index (χ4n) is 2.31. The Morgan fingerprint density at radius 1 is 1.53 bits per heavy atom. The smallest absolute Gasteiger partial charge is 0.133 e. The van der Waals surface area contributed by atoms with Gasteiger partial charge in [-0.1, -0.05) is 6.07 Å². The lowest BCUT2D eigenvalue weighted by molar-refractivity contribution is -0.0252. The van der Waals surface area contributed by atoms with Gasteiger partial charge in [0.1, 0.15) is 5.75 Å². The summed E-state index contributed by atoms with van der Waals surface area (Å²) in [6, 6.07) is 6.09. The molecular formula is C13H18BrNO2. The second kappa shape index (κ2) is 5.85. The van der Waals surface area contributed by atoms with Gasteiger partial charge in [0.05, 0.1) is 17.7 Å². The van der Waals surface area contributed by atoms with Crippen LogP contribution in [0.25, 0.3) is 0 Å². The van der Waals surface area contributed by atoms with Crippen LogP contribution in [-0.4, -0.2) is 20.3 Å². The van der Waals surface area contributed by atoms with Crippen LogP contribution in [0.2, 0.25) is 0 Å². The van der Waals surface area contributed by atoms with Gasteiger partial charge < -0.3 is 15.2 Å². The Hall–Kier alpha value is -0.580. The highest BCUT2D eigenvalue weighted by atomic mass is 79.9. The number of hydrogen-bond acceptors (Lipinski definition) is 3. The second-order valence-electron chi connectivity index (χ2n) is 4.32. The van der Waals surface area contributed by atoms with Crippen molar-refractivity contribution in [1.29, 1.82) is 0 Å². The number of hydrogen-bond donors (Lipinski definition) is 1. The number of benzene rings is 1. The maximum atomic E-state index is 5.85. The first-order chi connectivity index (χ1) is 8.26. The van der Waals surface area contributed by atoms with Gasteiger partial charge in [-0.3, -0.25) is 0 Å². The van der Waals surface area contributed by atoms with Crippen molar-refractivity contribution in [1.82, 2.24) is 0 Å². The number of nitrogens with two attached hydrogens (primary N) is 1. The van der Waals surface area contributed by atoms with Crippen molar-refractivity contribution in [2.75, 3.05) is 20.3 Å². The van der Waals surface area contributed by atoms with E-state index in [2.05, 4.69) is 28.1 Å². The van der Waals surface area contributed by atoms with E-state index in [0.29, 0.717) is 12.5 Å². The minimum absolute atomic E-state index is 0.121. The van der Waals surface area contributed by atoms with Gasteiger partial charge in [-0.25, -0.2) is 0 Å². The predicted molar refractivity (Wildman–Crippen MR) is 71.2 cm³/mol. The highest BCUT2D eigenvalue weighted by Gasteiger charge is 2.26. The molecule has 1 saturated heterocycles. The van der Waals surface area contributed by atoms with E-state index in [1.807, 2.05) is 6.07 Å². The fourth-order valence-corrected chi connectivity index (χ4v) is 2.87. The Bertz CT molecular complexity index is 384. The Kier molecular flexibility index (Phi) is 4.42. The lowest BCUT2D eigenvalue weighted by Gasteiger charge is -2.31. The van der Waals surface area contributed by atoms with Crippen molar-refractivity contribution in [2.45, 2.75) is 18.9 Å². The van der Waals surface area contributed by atoms with E-state index in [4.69, 9.17) is 15.2 Å². The molecule has 1 fully saturated rings. The third kappa shape index (κ3) is 2.81. The number of halogens is 1. The second-order valence-corrected chi connectivity index (χ2v) is 5.18. The quantitative estimate of drug-likeness (QED) is 0.933. The molecule has 3 nitrogen and oxygen atoms in total. The SMILES string of the molecule is COc1ccc(C2OCCCC2CN)cc1Br. The van der Waals surface area contributed by atoms with Gasteiger partial charge in [-0.2, -0.15) is 0 Å². The molecule has 0 radical (unpaired) electrons. The topological polar surface area (TPSA) is 44.5 Å². The van der Waals surface area contributed by atoms with Gasteiger partial charge in [0, 0.05) is 12.5 Å². The summed E-state index contributed by atoms with van der Waals surface area (Å²) in [5.41, 5.74) is 6.98. The molecule has 2 N–H and O–H groups in total. The van der Waals surface area contributed by atoms with Gasteiger partial charge in [0.25, 0.3) is 0 Å². The fraction of sp³-hybridized carbons (Fsp3) is 0.538. The van der Waals surface area contributed by atoms with Crippen molar-refractivity contribution in [3.63, 3.8) is 0 Å². The van der Waals surface area contributed by atoms with Crippen LogP contribution in [0.3, 0.4) is 0 Å². The zero-order valence-corrected chi connectivity index (χ0v) is 11.6. The summed E-state index contributed by atoms with van der Waals surface area (Å²) in [6.07, 6.45) is 2.37. The number of rotatable bonds is 3. The van der Waals surface area contributed by atoms with Gasteiger partial charge >= 0.3 is 0 Å². The minimum Gasteiger partial charge on any atom is -0.496 e. The van der Waals surface area contributed by atoms with Crippen LogP contribution in [0.4, 0.5) is 0 Å². The Balaban J connectivity index is 2.23. The minimum atomic E-state index is 0.121. The van der Waals surface area contributed by atoms with E-state index in [0.717, 1.165) is 29.7 Å². The van der Waals surface area contributed by atoms with E-state index in [1.54, 1.807) is 7.11 Å². The summed E-state index contributed by atoms with van der Waals surface area (Å²) in [5, 5.41) is 0. The molecule has 1 aromatic rings. The van der Waals surface area contributed by atoms with Crippen LogP contribution in [0.1, 0.15) is 24.5 Å². The highest BCUT2D eigenvalue weighted by Crippen LogP contribution is 2.36. The molecule has 17 heavy (non-hydrogen) atoms. The van der Waals surface area contributed by atoms with Gasteiger partial charge in [0.15, 0.2) is 0 Å². The summed E-state index contributed by atoms with van der Waals surface area (Å²) in [4.78, 5) is 0. The molecule has 0 aromatic heterocycles. The molecule has 1 heterocycles. The van der Waals surface area contributed by atoms with Crippen molar-refractivity contribution in [3.05, 3.63) is 28.2 Å². The summed E-state index contributed by atoms with van der Waals surface area (Å²) in [5.74, 6) is 1.26. The molecule has 2 unspecified atom stereocenters. The zero-order valence-electron chi connectivity index (χ0n) is 9.99. The molecule has 0 bridgehead atoms. The summed E-state index contributed by atoms with van der Waals surface area (Å²) in [6.45, 7) is 1.50. The van der Waals surface area contributed by atoms with Crippen LogP contribution in [0.5, 0.6) is 5.75 Å². The lowest BCUT2D eigenvalue weighted by atomic mass is 9.89. The average Bonchev–Trinajstić information content (AvgIpc) is 2.38. The van der Waals surface area contributed by atoms with E-state index in [9.17, 15) is 0 Å². The highest BCUT2D eigenvalue weighted by molar-refractivity contribution is 9.10. The van der Waals surface area contributed by atoms with Crippen molar-refractivity contribution in [3.8, 4) is 5.75 Å². The average molecular weight is 300 g/mol. The van der Waals surface area contributed by atoms with E-state index in [-0.39, 0.29) is 6.10 Å². The van der Waals surface area contributed by atoms with Gasteiger partial charge in [-0.15, -0.1) is 0 Å². The molecular weight excluding hydrogens is 282 g/mol. The standard InChI is InChI=1S/C13H18BrNO2/c1-16-12-5-4-9(7-11(12)14)13-10(8-15)3-2-6-17-13/h4-5,7,10,13H,2-3,6,8,15H2,1H3. The summed E-state index contributed by atoms with van der Waals surface area (Å²) in [7, 11) is 1.67. The van der Waals surface area contributed by atoms with Gasteiger partial charge in [-0.05, 0) is 53.0 Å².